The zero-order valence-electron chi connectivity index (χ0n) is 14.8. The molecule has 2 rings (SSSR count). The average molecular weight is 362 g/mol. The number of imidazole rings is 1. The molecule has 4 N–H and O–H groups in total. The molecule has 26 heavy (non-hydrogen) atoms. The van der Waals surface area contributed by atoms with Crippen LogP contribution in [-0.4, -0.2) is 45.0 Å². The van der Waals surface area contributed by atoms with Crippen molar-refractivity contribution in [3.63, 3.8) is 0 Å². The zero-order chi connectivity index (χ0) is 19.4. The van der Waals surface area contributed by atoms with E-state index in [-0.39, 0.29) is 23.7 Å². The number of benzene rings is 1. The Morgan fingerprint density at radius 1 is 1.27 bits per heavy atom. The largest absolute Gasteiger partial charge is 0.480 e. The molecule has 1 atom stereocenters. The van der Waals surface area contributed by atoms with E-state index in [0.29, 0.717) is 17.5 Å². The SMILES string of the molecule is CC(C)C[C@H](NC(=O)CNC(=O)c1ccc2[nH]c(=O)n(C)c2c1)C(=O)O. The van der Waals surface area contributed by atoms with E-state index in [2.05, 4.69) is 15.6 Å². The monoisotopic (exact) mass is 362 g/mol. The Bertz CT molecular complexity index is 896. The highest BCUT2D eigenvalue weighted by molar-refractivity contribution is 5.99. The summed E-state index contributed by atoms with van der Waals surface area (Å²) in [5, 5.41) is 14.0. The number of carboxylic acids is 1. The number of hydrogen-bond donors (Lipinski definition) is 4. The number of rotatable bonds is 7. The molecule has 0 fully saturated rings. The number of H-pyrrole nitrogens is 1. The van der Waals surface area contributed by atoms with Crippen LogP contribution in [0.25, 0.3) is 11.0 Å². The number of carboxylic acid groups (broad SMARTS) is 1. The van der Waals surface area contributed by atoms with E-state index in [9.17, 15) is 19.2 Å². The smallest absolute Gasteiger partial charge is 0.326 e. The molecule has 0 unspecified atom stereocenters. The van der Waals surface area contributed by atoms with Gasteiger partial charge in [-0.3, -0.25) is 14.2 Å². The number of aromatic nitrogens is 2. The van der Waals surface area contributed by atoms with Crippen molar-refractivity contribution < 1.29 is 19.5 Å². The van der Waals surface area contributed by atoms with E-state index in [1.165, 1.54) is 10.6 Å². The van der Waals surface area contributed by atoms with Crippen LogP contribution in [0.4, 0.5) is 0 Å². The predicted molar refractivity (Wildman–Crippen MR) is 94.9 cm³/mol. The van der Waals surface area contributed by atoms with Gasteiger partial charge in [-0.05, 0) is 30.5 Å². The third-order valence-corrected chi connectivity index (χ3v) is 3.92. The van der Waals surface area contributed by atoms with Crippen molar-refractivity contribution in [2.45, 2.75) is 26.3 Å². The fraction of sp³-hybridized carbons (Fsp3) is 0.412. The Labute approximate surface area is 149 Å². The molecule has 0 aliphatic heterocycles. The van der Waals surface area contributed by atoms with Gasteiger partial charge < -0.3 is 20.7 Å². The minimum Gasteiger partial charge on any atom is -0.480 e. The molecule has 9 nitrogen and oxygen atoms in total. The molecule has 2 amide bonds. The molecule has 0 spiro atoms. The number of fused-ring (bicyclic) bond motifs is 1. The lowest BCUT2D eigenvalue weighted by Gasteiger charge is -2.16. The zero-order valence-corrected chi connectivity index (χ0v) is 14.8. The summed E-state index contributed by atoms with van der Waals surface area (Å²) in [5.74, 6) is -2.09. The standard InChI is InChI=1S/C17H22N4O5/c1-9(2)6-12(16(24)25)19-14(22)8-18-15(23)10-4-5-11-13(7-10)21(3)17(26)20-11/h4-5,7,9,12H,6,8H2,1-3H3,(H,18,23)(H,19,22)(H,20,26)(H,24,25)/t12-/m0/s1. The normalized spacial score (nSPS) is 12.2. The summed E-state index contributed by atoms with van der Waals surface area (Å²) in [6.45, 7) is 3.37. The van der Waals surface area contributed by atoms with Gasteiger partial charge in [0, 0.05) is 12.6 Å². The maximum Gasteiger partial charge on any atom is 0.326 e. The molecule has 1 heterocycles. The topological polar surface area (TPSA) is 133 Å². The van der Waals surface area contributed by atoms with Gasteiger partial charge in [-0.15, -0.1) is 0 Å². The Hall–Kier alpha value is -3.10. The number of hydrogen-bond acceptors (Lipinski definition) is 4. The molecule has 1 aromatic carbocycles. The summed E-state index contributed by atoms with van der Waals surface area (Å²) in [6.07, 6.45) is 0.299. The van der Waals surface area contributed by atoms with E-state index < -0.39 is 23.8 Å². The number of nitrogens with one attached hydrogen (secondary N) is 3. The van der Waals surface area contributed by atoms with Gasteiger partial charge >= 0.3 is 11.7 Å². The highest BCUT2D eigenvalue weighted by atomic mass is 16.4. The van der Waals surface area contributed by atoms with Gasteiger partial charge in [-0.2, -0.15) is 0 Å². The maximum atomic E-state index is 12.2. The molecule has 2 aromatic rings. The predicted octanol–water partition coefficient (Wildman–Crippen LogP) is 0.212. The third kappa shape index (κ3) is 4.50. The van der Waals surface area contributed by atoms with Gasteiger partial charge in [-0.1, -0.05) is 13.8 Å². The molecular formula is C17H22N4O5. The number of nitrogens with zero attached hydrogens (tertiary/aromatic N) is 1. The van der Waals surface area contributed by atoms with Crippen LogP contribution < -0.4 is 16.3 Å². The van der Waals surface area contributed by atoms with Crippen LogP contribution in [0.3, 0.4) is 0 Å². The molecule has 0 aliphatic rings. The van der Waals surface area contributed by atoms with E-state index in [1.54, 1.807) is 19.2 Å². The van der Waals surface area contributed by atoms with Crippen LogP contribution in [0.1, 0.15) is 30.6 Å². The first kappa shape index (κ1) is 19.2. The number of aliphatic carboxylic acids is 1. The number of aryl methyl sites for hydroxylation is 1. The quantitative estimate of drug-likeness (QED) is 0.559. The van der Waals surface area contributed by atoms with Crippen molar-refractivity contribution in [2.75, 3.05) is 6.54 Å². The lowest BCUT2D eigenvalue weighted by atomic mass is 10.0. The molecule has 1 aromatic heterocycles. The minimum atomic E-state index is -1.11. The summed E-state index contributed by atoms with van der Waals surface area (Å²) >= 11 is 0. The minimum absolute atomic E-state index is 0.103. The average Bonchev–Trinajstić information content (AvgIpc) is 2.85. The van der Waals surface area contributed by atoms with Crippen LogP contribution >= 0.6 is 0 Å². The van der Waals surface area contributed by atoms with Crippen molar-refractivity contribution in [1.29, 1.82) is 0 Å². The Kier molecular flexibility index (Phi) is 5.81. The summed E-state index contributed by atoms with van der Waals surface area (Å²) < 4.78 is 1.38. The first-order valence-corrected chi connectivity index (χ1v) is 8.18. The van der Waals surface area contributed by atoms with Gasteiger partial charge in [0.1, 0.15) is 6.04 Å². The third-order valence-electron chi connectivity index (χ3n) is 3.92. The number of amides is 2. The van der Waals surface area contributed by atoms with Crippen molar-refractivity contribution in [2.24, 2.45) is 13.0 Å². The lowest BCUT2D eigenvalue weighted by molar-refractivity contribution is -0.142. The van der Waals surface area contributed by atoms with Gasteiger partial charge in [0.25, 0.3) is 5.91 Å². The van der Waals surface area contributed by atoms with Crippen LogP contribution in [0.15, 0.2) is 23.0 Å². The first-order chi connectivity index (χ1) is 12.2. The summed E-state index contributed by atoms with van der Waals surface area (Å²) in [6, 6.07) is 3.68. The van der Waals surface area contributed by atoms with Crippen molar-refractivity contribution in [1.82, 2.24) is 20.2 Å². The maximum absolute atomic E-state index is 12.2. The highest BCUT2D eigenvalue weighted by Crippen LogP contribution is 2.12. The Balaban J connectivity index is 1.99. The van der Waals surface area contributed by atoms with Gasteiger partial charge in [0.2, 0.25) is 5.91 Å². The lowest BCUT2D eigenvalue weighted by Crippen LogP contribution is -2.46. The summed E-state index contributed by atoms with van der Waals surface area (Å²) in [5.41, 5.74) is 1.17. The first-order valence-electron chi connectivity index (χ1n) is 8.18. The molecular weight excluding hydrogens is 340 g/mol. The molecule has 140 valence electrons. The second-order valence-corrected chi connectivity index (χ2v) is 6.49. The van der Waals surface area contributed by atoms with Crippen LogP contribution in [-0.2, 0) is 16.6 Å². The molecule has 0 radical (unpaired) electrons. The molecule has 0 saturated carbocycles. The number of carbonyl (C=O) groups excluding carboxylic acids is 2. The van der Waals surface area contributed by atoms with Gasteiger partial charge in [-0.25, -0.2) is 9.59 Å². The van der Waals surface area contributed by atoms with Gasteiger partial charge in [0.15, 0.2) is 0 Å². The fourth-order valence-electron chi connectivity index (χ4n) is 2.57. The van der Waals surface area contributed by atoms with Crippen LogP contribution in [0.5, 0.6) is 0 Å². The van der Waals surface area contributed by atoms with Crippen molar-refractivity contribution in [3.8, 4) is 0 Å². The number of carbonyl (C=O) groups is 3. The Morgan fingerprint density at radius 3 is 2.58 bits per heavy atom. The Morgan fingerprint density at radius 2 is 1.96 bits per heavy atom. The second-order valence-electron chi connectivity index (χ2n) is 6.49. The number of aromatic amines is 1. The highest BCUT2D eigenvalue weighted by Gasteiger charge is 2.21. The van der Waals surface area contributed by atoms with Gasteiger partial charge in [0.05, 0.1) is 17.6 Å². The fourth-order valence-corrected chi connectivity index (χ4v) is 2.57. The van der Waals surface area contributed by atoms with E-state index in [1.807, 2.05) is 13.8 Å². The molecule has 0 bridgehead atoms. The summed E-state index contributed by atoms with van der Waals surface area (Å²) in [4.78, 5) is 49.5. The molecule has 0 saturated heterocycles. The van der Waals surface area contributed by atoms with Crippen molar-refractivity contribution >= 4 is 28.8 Å². The summed E-state index contributed by atoms with van der Waals surface area (Å²) in [7, 11) is 1.58. The van der Waals surface area contributed by atoms with Crippen LogP contribution in [0, 0.1) is 5.92 Å². The molecule has 9 heteroatoms. The van der Waals surface area contributed by atoms with E-state index in [4.69, 9.17) is 5.11 Å². The second kappa shape index (κ2) is 7.85. The van der Waals surface area contributed by atoms with E-state index in [0.717, 1.165) is 0 Å². The van der Waals surface area contributed by atoms with E-state index >= 15 is 0 Å². The van der Waals surface area contributed by atoms with Crippen molar-refractivity contribution in [3.05, 3.63) is 34.2 Å². The van der Waals surface area contributed by atoms with Crippen LogP contribution in [0.2, 0.25) is 0 Å². The molecule has 0 aliphatic carbocycles.